The molecule has 0 bridgehead atoms. The standard InChI is InChI=1S/C13H36O5Si5/c1-3-4-5-6-7-8-9-10-11-12-13-23(2)17-21-15-19-14-20-16-22-18-23/h3-13,19-22H2,1-2H3. The van der Waals surface area contributed by atoms with E-state index >= 15 is 0 Å². The van der Waals surface area contributed by atoms with Gasteiger partial charge in [-0.2, -0.15) is 0 Å². The molecule has 0 spiro atoms. The van der Waals surface area contributed by atoms with Crippen molar-refractivity contribution in [3.8, 4) is 0 Å². The van der Waals surface area contributed by atoms with Gasteiger partial charge in [0.2, 0.25) is 0 Å². The van der Waals surface area contributed by atoms with E-state index in [9.17, 15) is 0 Å². The Kier molecular flexibility index (Phi) is 14.5. The van der Waals surface area contributed by atoms with Crippen molar-refractivity contribution in [2.75, 3.05) is 0 Å². The molecule has 0 aromatic rings. The van der Waals surface area contributed by atoms with E-state index in [1.165, 1.54) is 64.2 Å². The molecule has 0 atom stereocenters. The first-order valence-electron chi connectivity index (χ1n) is 9.28. The predicted octanol–water partition coefficient (Wildman–Crippen LogP) is 1.07. The van der Waals surface area contributed by atoms with Crippen LogP contribution < -0.4 is 0 Å². The third-order valence-electron chi connectivity index (χ3n) is 4.21. The molecular weight excluding hydrogens is 377 g/mol. The van der Waals surface area contributed by atoms with Crippen molar-refractivity contribution < 1.29 is 20.6 Å². The molecule has 5 nitrogen and oxygen atoms in total. The van der Waals surface area contributed by atoms with Gasteiger partial charge in [-0.15, -0.1) is 0 Å². The average molecular weight is 413 g/mol. The molecule has 0 amide bonds. The average Bonchev–Trinajstić information content (AvgIpc) is 2.55. The number of rotatable bonds is 11. The molecule has 0 aromatic carbocycles. The van der Waals surface area contributed by atoms with Gasteiger partial charge in [0.15, 0.2) is 0 Å². The van der Waals surface area contributed by atoms with E-state index in [1.54, 1.807) is 0 Å². The third-order valence-corrected chi connectivity index (χ3v) is 15.3. The van der Waals surface area contributed by atoms with Crippen molar-refractivity contribution in [3.05, 3.63) is 0 Å². The molecule has 0 N–H and O–H groups in total. The third kappa shape index (κ3) is 12.8. The quantitative estimate of drug-likeness (QED) is 0.375. The van der Waals surface area contributed by atoms with Crippen molar-refractivity contribution in [2.24, 2.45) is 0 Å². The van der Waals surface area contributed by atoms with Crippen LogP contribution in [-0.2, 0) is 20.6 Å². The molecule has 1 heterocycles. The molecule has 23 heavy (non-hydrogen) atoms. The maximum atomic E-state index is 6.05. The zero-order valence-electron chi connectivity index (χ0n) is 15.1. The van der Waals surface area contributed by atoms with Gasteiger partial charge in [0.05, 0.1) is 0 Å². The summed E-state index contributed by atoms with van der Waals surface area (Å²) in [5.74, 6) is 0. The molecule has 1 fully saturated rings. The fraction of sp³-hybridized carbons (Fsp3) is 1.00. The molecule has 1 aliphatic rings. The van der Waals surface area contributed by atoms with Gasteiger partial charge in [0.25, 0.3) is 40.0 Å². The highest BCUT2D eigenvalue weighted by Gasteiger charge is 2.30. The van der Waals surface area contributed by atoms with Crippen LogP contribution in [0.2, 0.25) is 12.6 Å². The van der Waals surface area contributed by atoms with Gasteiger partial charge < -0.3 is 20.6 Å². The summed E-state index contributed by atoms with van der Waals surface area (Å²) in [6.07, 6.45) is 13.7. The van der Waals surface area contributed by atoms with Gasteiger partial charge in [0, 0.05) is 0 Å². The summed E-state index contributed by atoms with van der Waals surface area (Å²) < 4.78 is 28.6. The normalized spacial score (nSPS) is 27.9. The van der Waals surface area contributed by atoms with Gasteiger partial charge in [-0.05, 0) is 12.6 Å². The van der Waals surface area contributed by atoms with Gasteiger partial charge in [-0.3, -0.25) is 0 Å². The van der Waals surface area contributed by atoms with Crippen LogP contribution in [-0.4, -0.2) is 48.6 Å². The summed E-state index contributed by atoms with van der Waals surface area (Å²) >= 11 is 0. The van der Waals surface area contributed by atoms with Crippen molar-refractivity contribution in [1.82, 2.24) is 0 Å². The molecule has 0 aliphatic carbocycles. The summed E-state index contributed by atoms with van der Waals surface area (Å²) in [5, 5.41) is 0. The first kappa shape index (κ1) is 21.9. The molecule has 0 unspecified atom stereocenters. The van der Waals surface area contributed by atoms with Crippen LogP contribution in [0.5, 0.6) is 0 Å². The second kappa shape index (κ2) is 15.2. The maximum absolute atomic E-state index is 6.05. The van der Waals surface area contributed by atoms with E-state index in [4.69, 9.17) is 20.6 Å². The summed E-state index contributed by atoms with van der Waals surface area (Å²) in [5.41, 5.74) is 0. The number of unbranched alkanes of at least 4 members (excludes halogenated alkanes) is 9. The van der Waals surface area contributed by atoms with Crippen LogP contribution in [0.4, 0.5) is 0 Å². The second-order valence-corrected chi connectivity index (χ2v) is 17.4. The molecular formula is C13H36O5Si5. The largest absolute Gasteiger partial charge is 0.425 e. The Morgan fingerprint density at radius 3 is 1.57 bits per heavy atom. The molecule has 1 aliphatic heterocycles. The Balaban J connectivity index is 2.01. The Hall–Kier alpha value is 0.884. The maximum Gasteiger partial charge on any atom is 0.316 e. The van der Waals surface area contributed by atoms with Crippen LogP contribution in [0.15, 0.2) is 0 Å². The Morgan fingerprint density at radius 2 is 1.04 bits per heavy atom. The van der Waals surface area contributed by atoms with E-state index in [0.29, 0.717) is 0 Å². The van der Waals surface area contributed by atoms with E-state index in [2.05, 4.69) is 13.5 Å². The summed E-state index contributed by atoms with van der Waals surface area (Å²) in [7, 11) is -5.40. The minimum absolute atomic E-state index is 0.814. The van der Waals surface area contributed by atoms with Crippen molar-refractivity contribution in [3.63, 3.8) is 0 Å². The summed E-state index contributed by atoms with van der Waals surface area (Å²) in [6, 6.07) is 1.10. The number of hydrogen-bond donors (Lipinski definition) is 0. The minimum atomic E-state index is -2.00. The Bertz CT molecular complexity index is 265. The van der Waals surface area contributed by atoms with E-state index < -0.39 is 48.6 Å². The smallest absolute Gasteiger partial charge is 0.316 e. The lowest BCUT2D eigenvalue weighted by Gasteiger charge is -2.28. The fourth-order valence-corrected chi connectivity index (χ4v) is 13.8. The molecule has 10 heteroatoms. The molecule has 0 saturated carbocycles. The highest BCUT2D eigenvalue weighted by Crippen LogP contribution is 2.19. The fourth-order valence-electron chi connectivity index (χ4n) is 2.67. The topological polar surface area (TPSA) is 46.2 Å². The van der Waals surface area contributed by atoms with Gasteiger partial charge in [-0.25, -0.2) is 0 Å². The molecule has 1 saturated heterocycles. The summed E-state index contributed by atoms with van der Waals surface area (Å²) in [4.78, 5) is 0. The van der Waals surface area contributed by atoms with E-state index in [1.807, 2.05) is 0 Å². The first-order valence-corrected chi connectivity index (χ1v) is 16.4. The lowest BCUT2D eigenvalue weighted by atomic mass is 10.1. The highest BCUT2D eigenvalue weighted by atomic mass is 28.5. The summed E-state index contributed by atoms with van der Waals surface area (Å²) in [6.45, 7) is 4.47. The molecule has 1 rings (SSSR count). The van der Waals surface area contributed by atoms with Crippen LogP contribution in [0.1, 0.15) is 71.1 Å². The zero-order valence-corrected chi connectivity index (χ0v) is 21.8. The van der Waals surface area contributed by atoms with E-state index in [-0.39, 0.29) is 0 Å². The highest BCUT2D eigenvalue weighted by molar-refractivity contribution is 6.74. The minimum Gasteiger partial charge on any atom is -0.425 e. The first-order chi connectivity index (χ1) is 11.3. The van der Waals surface area contributed by atoms with Crippen LogP contribution in [0.25, 0.3) is 0 Å². The molecule has 138 valence electrons. The van der Waals surface area contributed by atoms with Crippen molar-refractivity contribution in [2.45, 2.75) is 83.7 Å². The molecule has 0 aromatic heterocycles. The van der Waals surface area contributed by atoms with Crippen LogP contribution in [0.3, 0.4) is 0 Å². The van der Waals surface area contributed by atoms with Crippen molar-refractivity contribution in [1.29, 1.82) is 0 Å². The van der Waals surface area contributed by atoms with Gasteiger partial charge >= 0.3 is 8.56 Å². The predicted molar refractivity (Wildman–Crippen MR) is 108 cm³/mol. The zero-order chi connectivity index (χ0) is 16.6. The van der Waals surface area contributed by atoms with Crippen LogP contribution in [0, 0.1) is 0 Å². The van der Waals surface area contributed by atoms with Gasteiger partial charge in [-0.1, -0.05) is 71.1 Å². The van der Waals surface area contributed by atoms with Gasteiger partial charge in [0.1, 0.15) is 0 Å². The lowest BCUT2D eigenvalue weighted by molar-refractivity contribution is 0.313. The SMILES string of the molecule is CCCCCCCCCCCC[Si]1(C)O[SiH2]O[SiH2]O[SiH2]O[SiH2]O1. The van der Waals surface area contributed by atoms with Crippen LogP contribution >= 0.6 is 0 Å². The second-order valence-electron chi connectivity index (χ2n) is 6.44. The monoisotopic (exact) mass is 412 g/mol. The molecule has 0 radical (unpaired) electrons. The Labute approximate surface area is 153 Å². The van der Waals surface area contributed by atoms with E-state index in [0.717, 1.165) is 6.04 Å². The Morgan fingerprint density at radius 1 is 0.609 bits per heavy atom. The van der Waals surface area contributed by atoms with Crippen molar-refractivity contribution >= 4 is 48.6 Å². The number of hydrogen-bond acceptors (Lipinski definition) is 5. The lowest BCUT2D eigenvalue weighted by Crippen LogP contribution is -2.43.